The molecule has 124 valence electrons. The highest BCUT2D eigenvalue weighted by Gasteiger charge is 2.30. The Balaban J connectivity index is 1.68. The number of nitrogens with one attached hydrogen (secondary N) is 1. The Bertz CT molecular complexity index is 747. The summed E-state index contributed by atoms with van der Waals surface area (Å²) in [5, 5.41) is 15.7. The van der Waals surface area contributed by atoms with Gasteiger partial charge in [-0.15, -0.1) is 10.2 Å². The second-order valence-corrected chi connectivity index (χ2v) is 7.21. The summed E-state index contributed by atoms with van der Waals surface area (Å²) < 4.78 is 3.26. The third kappa shape index (κ3) is 3.05. The van der Waals surface area contributed by atoms with Gasteiger partial charge < -0.3 is 11.2 Å². The first-order chi connectivity index (χ1) is 10.9. The maximum Gasteiger partial charge on any atom is 0.237 e. The van der Waals surface area contributed by atoms with Crippen LogP contribution in [0.2, 0.25) is 0 Å². The minimum absolute atomic E-state index is 0.106. The molecule has 2 aromatic rings. The number of thioether (sulfide) groups is 1. The third-order valence-electron chi connectivity index (χ3n) is 4.04. The molecule has 1 aliphatic rings. The van der Waals surface area contributed by atoms with Crippen molar-refractivity contribution in [1.29, 1.82) is 0 Å². The van der Waals surface area contributed by atoms with Crippen molar-refractivity contribution in [3.63, 3.8) is 0 Å². The van der Waals surface area contributed by atoms with Gasteiger partial charge in [0.05, 0.1) is 22.3 Å². The second-order valence-electron chi connectivity index (χ2n) is 5.90. The van der Waals surface area contributed by atoms with Crippen molar-refractivity contribution >= 4 is 23.4 Å². The van der Waals surface area contributed by atoms with Crippen LogP contribution in [0, 0.1) is 13.8 Å². The lowest BCUT2D eigenvalue weighted by molar-refractivity contribution is -0.115. The average molecular weight is 335 g/mol. The van der Waals surface area contributed by atoms with E-state index in [0.29, 0.717) is 11.1 Å². The van der Waals surface area contributed by atoms with Gasteiger partial charge in [0.1, 0.15) is 0 Å². The monoisotopic (exact) mass is 335 g/mol. The van der Waals surface area contributed by atoms with E-state index in [4.69, 9.17) is 5.84 Å². The Morgan fingerprint density at radius 3 is 2.65 bits per heavy atom. The van der Waals surface area contributed by atoms with Crippen molar-refractivity contribution in [2.75, 3.05) is 11.2 Å². The van der Waals surface area contributed by atoms with E-state index >= 15 is 0 Å². The largest absolute Gasteiger partial charge is 0.336 e. The van der Waals surface area contributed by atoms with Gasteiger partial charge in [0.15, 0.2) is 5.82 Å². The molecule has 8 nitrogen and oxygen atoms in total. The van der Waals surface area contributed by atoms with Crippen molar-refractivity contribution in [3.05, 3.63) is 17.2 Å². The first-order valence-corrected chi connectivity index (χ1v) is 8.44. The zero-order valence-electron chi connectivity index (χ0n) is 13.7. The quantitative estimate of drug-likeness (QED) is 0.631. The van der Waals surface area contributed by atoms with Gasteiger partial charge in [-0.3, -0.25) is 9.48 Å². The molecule has 0 bridgehead atoms. The minimum Gasteiger partial charge on any atom is -0.336 e. The van der Waals surface area contributed by atoms with Gasteiger partial charge in [0, 0.05) is 13.0 Å². The Kier molecular flexibility index (Phi) is 4.05. The molecule has 3 rings (SSSR count). The van der Waals surface area contributed by atoms with E-state index in [1.54, 1.807) is 4.68 Å². The minimum atomic E-state index is -0.340. The zero-order chi connectivity index (χ0) is 16.7. The van der Waals surface area contributed by atoms with Gasteiger partial charge in [0.2, 0.25) is 11.1 Å². The molecule has 0 radical (unpaired) electrons. The number of anilines is 1. The highest BCUT2D eigenvalue weighted by Crippen LogP contribution is 2.39. The van der Waals surface area contributed by atoms with E-state index in [1.165, 1.54) is 16.4 Å². The SMILES string of the molecule is Cc1nn(C)c(C)c1NC(=O)[C@H](C)Sc1nnc(C2CC2)n1N. The van der Waals surface area contributed by atoms with E-state index < -0.39 is 0 Å². The number of carbonyl (C=O) groups is 1. The van der Waals surface area contributed by atoms with Gasteiger partial charge in [-0.25, -0.2) is 4.68 Å². The number of hydrogen-bond donors (Lipinski definition) is 2. The lowest BCUT2D eigenvalue weighted by Gasteiger charge is -2.11. The van der Waals surface area contributed by atoms with Crippen LogP contribution in [-0.4, -0.2) is 35.8 Å². The number of amides is 1. The summed E-state index contributed by atoms with van der Waals surface area (Å²) in [6.45, 7) is 5.62. The van der Waals surface area contributed by atoms with E-state index in [1.807, 2.05) is 27.8 Å². The Morgan fingerprint density at radius 2 is 2.09 bits per heavy atom. The van der Waals surface area contributed by atoms with Crippen molar-refractivity contribution in [2.45, 2.75) is 49.9 Å². The lowest BCUT2D eigenvalue weighted by atomic mass is 10.3. The maximum atomic E-state index is 12.4. The molecule has 3 N–H and O–H groups in total. The van der Waals surface area contributed by atoms with E-state index in [-0.39, 0.29) is 11.2 Å². The van der Waals surface area contributed by atoms with Crippen LogP contribution in [0.5, 0.6) is 0 Å². The van der Waals surface area contributed by atoms with Crippen molar-refractivity contribution in [3.8, 4) is 0 Å². The smallest absolute Gasteiger partial charge is 0.237 e. The standard InChI is InChI=1S/C14H21N7OS/c1-7-11(8(2)20(4)19-7)16-13(22)9(3)23-14-18-17-12(21(14)15)10-5-6-10/h9-10H,5-6,15H2,1-4H3,(H,16,22)/t9-/m0/s1. The van der Waals surface area contributed by atoms with Crippen LogP contribution < -0.4 is 11.2 Å². The molecule has 2 aromatic heterocycles. The van der Waals surface area contributed by atoms with Crippen LogP contribution >= 0.6 is 11.8 Å². The number of nitrogen functional groups attached to an aromatic ring is 1. The van der Waals surface area contributed by atoms with E-state index in [2.05, 4.69) is 20.6 Å². The predicted molar refractivity (Wildman–Crippen MR) is 88.8 cm³/mol. The predicted octanol–water partition coefficient (Wildman–Crippen LogP) is 1.34. The van der Waals surface area contributed by atoms with Crippen LogP contribution in [0.15, 0.2) is 5.16 Å². The molecule has 1 amide bonds. The molecule has 1 atom stereocenters. The number of aryl methyl sites for hydroxylation is 2. The Labute approximate surface area is 138 Å². The topological polar surface area (TPSA) is 104 Å². The number of nitrogens with zero attached hydrogens (tertiary/aromatic N) is 5. The molecule has 0 saturated heterocycles. The second kappa shape index (κ2) is 5.88. The number of hydrogen-bond acceptors (Lipinski definition) is 6. The first kappa shape index (κ1) is 15.9. The van der Waals surface area contributed by atoms with Crippen molar-refractivity contribution < 1.29 is 4.79 Å². The number of rotatable bonds is 5. The molecule has 0 aromatic carbocycles. The number of aromatic nitrogens is 5. The average Bonchev–Trinajstić information content (AvgIpc) is 3.24. The van der Waals surface area contributed by atoms with Gasteiger partial charge in [0.25, 0.3) is 0 Å². The molecule has 9 heteroatoms. The summed E-state index contributed by atoms with van der Waals surface area (Å²) in [4.78, 5) is 12.4. The number of carbonyl (C=O) groups excluding carboxylic acids is 1. The zero-order valence-corrected chi connectivity index (χ0v) is 14.5. The summed E-state index contributed by atoms with van der Waals surface area (Å²) in [6, 6.07) is 0. The van der Waals surface area contributed by atoms with Crippen LogP contribution in [0.3, 0.4) is 0 Å². The highest BCUT2D eigenvalue weighted by atomic mass is 32.2. The molecule has 1 fully saturated rings. The summed E-state index contributed by atoms with van der Waals surface area (Å²) in [5.74, 6) is 7.14. The fraction of sp³-hybridized carbons (Fsp3) is 0.571. The van der Waals surface area contributed by atoms with E-state index in [9.17, 15) is 4.79 Å². The van der Waals surface area contributed by atoms with Gasteiger partial charge in [-0.05, 0) is 33.6 Å². The van der Waals surface area contributed by atoms with Crippen LogP contribution in [-0.2, 0) is 11.8 Å². The van der Waals surface area contributed by atoms with Gasteiger partial charge in [-0.2, -0.15) is 5.10 Å². The molecule has 1 saturated carbocycles. The maximum absolute atomic E-state index is 12.4. The van der Waals surface area contributed by atoms with Crippen LogP contribution in [0.4, 0.5) is 5.69 Å². The fourth-order valence-corrected chi connectivity index (χ4v) is 3.16. The van der Waals surface area contributed by atoms with E-state index in [0.717, 1.165) is 35.7 Å². The molecule has 2 heterocycles. The molecule has 23 heavy (non-hydrogen) atoms. The molecule has 0 spiro atoms. The third-order valence-corrected chi connectivity index (χ3v) is 5.10. The fourth-order valence-electron chi connectivity index (χ4n) is 2.38. The van der Waals surface area contributed by atoms with Crippen LogP contribution in [0.25, 0.3) is 0 Å². The first-order valence-electron chi connectivity index (χ1n) is 7.56. The van der Waals surface area contributed by atoms with Gasteiger partial charge >= 0.3 is 0 Å². The molecule has 1 aliphatic carbocycles. The summed E-state index contributed by atoms with van der Waals surface area (Å²) >= 11 is 1.31. The summed E-state index contributed by atoms with van der Waals surface area (Å²) in [7, 11) is 1.85. The lowest BCUT2D eigenvalue weighted by Crippen LogP contribution is -2.24. The highest BCUT2D eigenvalue weighted by molar-refractivity contribution is 8.00. The Morgan fingerprint density at radius 1 is 1.39 bits per heavy atom. The molecular formula is C14H21N7OS. The Hall–Kier alpha value is -2.03. The molecule has 0 aliphatic heterocycles. The normalized spacial score (nSPS) is 15.7. The molecular weight excluding hydrogens is 314 g/mol. The number of nitrogens with two attached hydrogens (primary N) is 1. The van der Waals surface area contributed by atoms with Gasteiger partial charge in [-0.1, -0.05) is 11.8 Å². The summed E-state index contributed by atoms with van der Waals surface area (Å²) in [6.07, 6.45) is 2.21. The van der Waals surface area contributed by atoms with Crippen LogP contribution in [0.1, 0.15) is 42.9 Å². The van der Waals surface area contributed by atoms with Crippen molar-refractivity contribution in [1.82, 2.24) is 24.7 Å². The summed E-state index contributed by atoms with van der Waals surface area (Å²) in [5.41, 5.74) is 2.48. The molecule has 0 unspecified atom stereocenters. The van der Waals surface area contributed by atoms with Crippen molar-refractivity contribution in [2.24, 2.45) is 7.05 Å².